The van der Waals surface area contributed by atoms with E-state index in [1.54, 1.807) is 0 Å². The van der Waals surface area contributed by atoms with Crippen LogP contribution in [-0.4, -0.2) is 44.8 Å². The van der Waals surface area contributed by atoms with Crippen LogP contribution in [0.3, 0.4) is 0 Å². The fourth-order valence-corrected chi connectivity index (χ4v) is 3.68. The zero-order valence-corrected chi connectivity index (χ0v) is 13.1. The monoisotopic (exact) mass is 282 g/mol. The number of rotatable bonds is 4. The van der Waals surface area contributed by atoms with Crippen molar-refractivity contribution < 1.29 is 0 Å². The first kappa shape index (κ1) is 14.9. The summed E-state index contributed by atoms with van der Waals surface area (Å²) < 4.78 is 2.37. The second kappa shape index (κ2) is 6.29. The highest BCUT2D eigenvalue weighted by atomic mass is 32.2. The maximum atomic E-state index is 6.02. The number of nitrogens with two attached hydrogens (primary N) is 1. The first-order valence-corrected chi connectivity index (χ1v) is 8.14. The van der Waals surface area contributed by atoms with E-state index in [1.165, 1.54) is 17.7 Å². The molecule has 1 aromatic heterocycles. The van der Waals surface area contributed by atoms with Crippen LogP contribution in [-0.2, 0) is 6.54 Å². The third kappa shape index (κ3) is 3.74. The molecule has 1 atom stereocenters. The van der Waals surface area contributed by atoms with Crippen molar-refractivity contribution in [2.75, 3.05) is 25.4 Å². The number of aromatic nitrogens is 2. The lowest BCUT2D eigenvalue weighted by atomic mass is 10.1. The molecular formula is C14H26N4S. The molecule has 2 heterocycles. The van der Waals surface area contributed by atoms with Crippen LogP contribution in [0.25, 0.3) is 0 Å². The van der Waals surface area contributed by atoms with Crippen molar-refractivity contribution in [2.45, 2.75) is 44.5 Å². The maximum absolute atomic E-state index is 6.02. The van der Waals surface area contributed by atoms with Crippen molar-refractivity contribution in [1.82, 2.24) is 14.7 Å². The average Bonchev–Trinajstić information content (AvgIpc) is 2.77. The molecule has 0 amide bonds. The zero-order chi connectivity index (χ0) is 13.9. The molecule has 19 heavy (non-hydrogen) atoms. The first-order valence-electron chi connectivity index (χ1n) is 7.16. The minimum Gasteiger partial charge on any atom is -0.329 e. The lowest BCUT2D eigenvalue weighted by Crippen LogP contribution is -2.35. The summed E-state index contributed by atoms with van der Waals surface area (Å²) in [7, 11) is 0. The molecule has 0 saturated carbocycles. The van der Waals surface area contributed by atoms with Gasteiger partial charge < -0.3 is 5.73 Å². The molecule has 108 valence electrons. The van der Waals surface area contributed by atoms with E-state index in [9.17, 15) is 0 Å². The summed E-state index contributed by atoms with van der Waals surface area (Å²) >= 11 is 2.07. The Morgan fingerprint density at radius 2 is 2.26 bits per heavy atom. The Morgan fingerprint density at radius 3 is 2.89 bits per heavy atom. The number of thioether (sulfide) groups is 1. The van der Waals surface area contributed by atoms with Gasteiger partial charge in [-0.05, 0) is 13.3 Å². The van der Waals surface area contributed by atoms with Gasteiger partial charge in [-0.2, -0.15) is 16.9 Å². The van der Waals surface area contributed by atoms with Crippen LogP contribution in [0.1, 0.15) is 38.8 Å². The summed E-state index contributed by atoms with van der Waals surface area (Å²) in [6.07, 6.45) is 5.33. The van der Waals surface area contributed by atoms with Gasteiger partial charge in [0.1, 0.15) is 0 Å². The summed E-state index contributed by atoms with van der Waals surface area (Å²) in [4.78, 5) is 2.53. The molecule has 1 aliphatic heterocycles. The fourth-order valence-electron chi connectivity index (χ4n) is 2.57. The smallest absolute Gasteiger partial charge is 0.0538 e. The summed E-state index contributed by atoms with van der Waals surface area (Å²) in [6.45, 7) is 10.6. The predicted octanol–water partition coefficient (Wildman–Crippen LogP) is 2.12. The van der Waals surface area contributed by atoms with E-state index in [1.807, 2.05) is 10.9 Å². The van der Waals surface area contributed by atoms with Crippen LogP contribution in [0.15, 0.2) is 12.4 Å². The number of aryl methyl sites for hydroxylation is 1. The van der Waals surface area contributed by atoms with Crippen molar-refractivity contribution in [1.29, 1.82) is 0 Å². The third-order valence-corrected chi connectivity index (χ3v) is 5.27. The molecule has 0 radical (unpaired) electrons. The zero-order valence-electron chi connectivity index (χ0n) is 12.3. The molecule has 0 aliphatic carbocycles. The molecule has 5 heteroatoms. The Kier molecular flexibility index (Phi) is 4.92. The first-order chi connectivity index (χ1) is 9.05. The van der Waals surface area contributed by atoms with Crippen molar-refractivity contribution in [3.63, 3.8) is 0 Å². The van der Waals surface area contributed by atoms with Crippen LogP contribution >= 0.6 is 11.8 Å². The van der Waals surface area contributed by atoms with Gasteiger partial charge in [0.25, 0.3) is 0 Å². The summed E-state index contributed by atoms with van der Waals surface area (Å²) in [5.74, 6) is 1.19. The Balaban J connectivity index is 2.08. The van der Waals surface area contributed by atoms with Crippen LogP contribution < -0.4 is 5.73 Å². The molecule has 0 bridgehead atoms. The van der Waals surface area contributed by atoms with E-state index in [0.29, 0.717) is 17.3 Å². The quantitative estimate of drug-likeness (QED) is 0.919. The van der Waals surface area contributed by atoms with Crippen LogP contribution in [0.5, 0.6) is 0 Å². The number of nitrogens with zero attached hydrogens (tertiary/aromatic N) is 3. The van der Waals surface area contributed by atoms with Gasteiger partial charge in [0, 0.05) is 48.4 Å². The van der Waals surface area contributed by atoms with Gasteiger partial charge in [0.15, 0.2) is 0 Å². The topological polar surface area (TPSA) is 47.1 Å². The summed E-state index contributed by atoms with van der Waals surface area (Å²) in [5, 5.41) is 4.38. The molecule has 2 rings (SSSR count). The minimum absolute atomic E-state index is 0.315. The Hall–Kier alpha value is -0.520. The molecular weight excluding hydrogens is 256 g/mol. The van der Waals surface area contributed by atoms with Crippen LogP contribution in [0.4, 0.5) is 0 Å². The van der Waals surface area contributed by atoms with Crippen LogP contribution in [0.2, 0.25) is 0 Å². The lowest BCUT2D eigenvalue weighted by molar-refractivity contribution is 0.210. The van der Waals surface area contributed by atoms with Crippen LogP contribution in [0, 0.1) is 0 Å². The molecule has 4 nitrogen and oxygen atoms in total. The van der Waals surface area contributed by atoms with Crippen molar-refractivity contribution in [3.05, 3.63) is 18.0 Å². The average molecular weight is 282 g/mol. The van der Waals surface area contributed by atoms with Gasteiger partial charge in [-0.25, -0.2) is 0 Å². The van der Waals surface area contributed by atoms with E-state index in [0.717, 1.165) is 19.6 Å². The Morgan fingerprint density at radius 1 is 1.47 bits per heavy atom. The summed E-state index contributed by atoms with van der Waals surface area (Å²) in [5.41, 5.74) is 7.28. The number of hydrogen-bond acceptors (Lipinski definition) is 4. The molecule has 1 aromatic rings. The third-order valence-electron chi connectivity index (χ3n) is 3.90. The molecule has 0 spiro atoms. The predicted molar refractivity (Wildman–Crippen MR) is 82.4 cm³/mol. The van der Waals surface area contributed by atoms with Gasteiger partial charge in [-0.3, -0.25) is 9.58 Å². The van der Waals surface area contributed by atoms with Gasteiger partial charge in [0.05, 0.1) is 12.2 Å². The highest BCUT2D eigenvalue weighted by Gasteiger charge is 2.28. The summed E-state index contributed by atoms with van der Waals surface area (Å²) in [6, 6.07) is 0.315. The van der Waals surface area contributed by atoms with E-state index >= 15 is 0 Å². The van der Waals surface area contributed by atoms with Gasteiger partial charge in [-0.15, -0.1) is 0 Å². The maximum Gasteiger partial charge on any atom is 0.0538 e. The Labute approximate surface area is 120 Å². The highest BCUT2D eigenvalue weighted by Crippen LogP contribution is 2.33. The SMILES string of the molecule is CCn1cc(C(CN)N2CCSC(C)(C)CC2)cn1. The molecule has 0 aromatic carbocycles. The largest absolute Gasteiger partial charge is 0.329 e. The Bertz CT molecular complexity index is 402. The van der Waals surface area contributed by atoms with E-state index in [-0.39, 0.29) is 0 Å². The van der Waals surface area contributed by atoms with E-state index in [2.05, 4.69) is 48.7 Å². The number of hydrogen-bond donors (Lipinski definition) is 1. The molecule has 1 saturated heterocycles. The fraction of sp³-hybridized carbons (Fsp3) is 0.786. The van der Waals surface area contributed by atoms with E-state index < -0.39 is 0 Å². The van der Waals surface area contributed by atoms with Gasteiger partial charge in [-0.1, -0.05) is 13.8 Å². The molecule has 1 aliphatic rings. The normalized spacial score (nSPS) is 22.1. The highest BCUT2D eigenvalue weighted by molar-refractivity contribution is 8.00. The van der Waals surface area contributed by atoms with Crippen molar-refractivity contribution >= 4 is 11.8 Å². The van der Waals surface area contributed by atoms with Crippen molar-refractivity contribution in [2.24, 2.45) is 5.73 Å². The molecule has 1 fully saturated rings. The molecule has 2 N–H and O–H groups in total. The van der Waals surface area contributed by atoms with Gasteiger partial charge >= 0.3 is 0 Å². The molecule has 1 unspecified atom stereocenters. The lowest BCUT2D eigenvalue weighted by Gasteiger charge is -2.29. The standard InChI is InChI=1S/C14H26N4S/c1-4-18-11-12(10-16-18)13(9-15)17-6-5-14(2,3)19-8-7-17/h10-11,13H,4-9,15H2,1-3H3. The van der Waals surface area contributed by atoms with E-state index in [4.69, 9.17) is 5.73 Å². The minimum atomic E-state index is 0.315. The second-order valence-electron chi connectivity index (χ2n) is 5.77. The van der Waals surface area contributed by atoms with Crippen molar-refractivity contribution in [3.8, 4) is 0 Å². The van der Waals surface area contributed by atoms with Gasteiger partial charge in [0.2, 0.25) is 0 Å². The second-order valence-corrected chi connectivity index (χ2v) is 7.58.